The van der Waals surface area contributed by atoms with Gasteiger partial charge in [0.25, 0.3) is 0 Å². The molecule has 0 saturated heterocycles. The number of nitrogens with two attached hydrogens (primary N) is 1. The molecule has 0 rings (SSSR count). The SMILES string of the molecule is C#CC(CCC)NC(C)(CN)CCCC(F)(F)F. The maximum atomic E-state index is 12.1. The molecule has 0 amide bonds. The predicted octanol–water partition coefficient (Wildman–Crippen LogP) is 2.83. The molecular weight excluding hydrogens is 241 g/mol. The maximum Gasteiger partial charge on any atom is 0.389 e. The predicted molar refractivity (Wildman–Crippen MR) is 68.0 cm³/mol. The van der Waals surface area contributed by atoms with Crippen LogP contribution in [-0.4, -0.2) is 24.3 Å². The molecular formula is C13H23F3N2. The fraction of sp³-hybridized carbons (Fsp3) is 0.846. The molecule has 0 radical (unpaired) electrons. The van der Waals surface area contributed by atoms with Crippen LogP contribution in [0.15, 0.2) is 0 Å². The van der Waals surface area contributed by atoms with E-state index in [4.69, 9.17) is 12.2 Å². The van der Waals surface area contributed by atoms with Gasteiger partial charge in [-0.15, -0.1) is 6.42 Å². The summed E-state index contributed by atoms with van der Waals surface area (Å²) < 4.78 is 36.3. The molecule has 0 aliphatic heterocycles. The number of terminal acetylenes is 1. The van der Waals surface area contributed by atoms with E-state index in [1.54, 1.807) is 0 Å². The summed E-state index contributed by atoms with van der Waals surface area (Å²) in [5.41, 5.74) is 5.11. The van der Waals surface area contributed by atoms with Crippen molar-refractivity contribution in [2.45, 2.75) is 63.7 Å². The Labute approximate surface area is 108 Å². The van der Waals surface area contributed by atoms with Gasteiger partial charge in [0.05, 0.1) is 6.04 Å². The Bertz CT molecular complexity index is 270. The summed E-state index contributed by atoms with van der Waals surface area (Å²) in [4.78, 5) is 0. The highest BCUT2D eigenvalue weighted by atomic mass is 19.4. The monoisotopic (exact) mass is 264 g/mol. The van der Waals surface area contributed by atoms with E-state index >= 15 is 0 Å². The molecule has 106 valence electrons. The van der Waals surface area contributed by atoms with Gasteiger partial charge in [0.2, 0.25) is 0 Å². The first-order chi connectivity index (χ1) is 8.26. The number of rotatable bonds is 8. The third kappa shape index (κ3) is 7.57. The highest BCUT2D eigenvalue weighted by Crippen LogP contribution is 2.25. The second-order valence-electron chi connectivity index (χ2n) is 4.89. The zero-order chi connectivity index (χ0) is 14.2. The first-order valence-corrected chi connectivity index (χ1v) is 6.27. The normalized spacial score (nSPS) is 16.9. The van der Waals surface area contributed by atoms with Crippen molar-refractivity contribution in [2.75, 3.05) is 6.54 Å². The van der Waals surface area contributed by atoms with Crippen LogP contribution in [0, 0.1) is 12.3 Å². The molecule has 18 heavy (non-hydrogen) atoms. The quantitative estimate of drug-likeness (QED) is 0.662. The number of hydrogen-bond acceptors (Lipinski definition) is 2. The molecule has 0 bridgehead atoms. The Kier molecular flexibility index (Phi) is 7.34. The van der Waals surface area contributed by atoms with Crippen molar-refractivity contribution >= 4 is 0 Å². The van der Waals surface area contributed by atoms with Crippen LogP contribution >= 0.6 is 0 Å². The summed E-state index contributed by atoms with van der Waals surface area (Å²) in [5, 5.41) is 3.19. The van der Waals surface area contributed by atoms with E-state index in [-0.39, 0.29) is 19.0 Å². The molecule has 0 aromatic rings. The van der Waals surface area contributed by atoms with Crippen LogP contribution in [0.1, 0.15) is 46.0 Å². The van der Waals surface area contributed by atoms with E-state index in [0.717, 1.165) is 12.8 Å². The average molecular weight is 264 g/mol. The van der Waals surface area contributed by atoms with Crippen molar-refractivity contribution in [1.82, 2.24) is 5.32 Å². The van der Waals surface area contributed by atoms with Crippen molar-refractivity contribution in [3.63, 3.8) is 0 Å². The molecule has 0 aliphatic carbocycles. The number of halogens is 3. The highest BCUT2D eigenvalue weighted by Gasteiger charge is 2.30. The van der Waals surface area contributed by atoms with Crippen molar-refractivity contribution in [2.24, 2.45) is 5.73 Å². The lowest BCUT2D eigenvalue weighted by Gasteiger charge is -2.32. The van der Waals surface area contributed by atoms with E-state index < -0.39 is 18.1 Å². The molecule has 2 unspecified atom stereocenters. The molecule has 0 heterocycles. The van der Waals surface area contributed by atoms with E-state index in [9.17, 15) is 13.2 Å². The van der Waals surface area contributed by atoms with E-state index in [1.165, 1.54) is 0 Å². The summed E-state index contributed by atoms with van der Waals surface area (Å²) >= 11 is 0. The van der Waals surface area contributed by atoms with Gasteiger partial charge >= 0.3 is 6.18 Å². The summed E-state index contributed by atoms with van der Waals surface area (Å²) in [5.74, 6) is 2.61. The van der Waals surface area contributed by atoms with Gasteiger partial charge in [-0.05, 0) is 26.2 Å². The molecule has 2 atom stereocenters. The molecule has 0 fully saturated rings. The standard InChI is InChI=1S/C13H23F3N2/c1-4-7-11(5-2)18-12(3,10-17)8-6-9-13(14,15)16/h2,11,18H,4,6-10,17H2,1,3H3. The van der Waals surface area contributed by atoms with Gasteiger partial charge in [-0.3, -0.25) is 5.32 Å². The first kappa shape index (κ1) is 17.3. The van der Waals surface area contributed by atoms with Crippen molar-refractivity contribution in [3.8, 4) is 12.3 Å². The minimum Gasteiger partial charge on any atom is -0.329 e. The lowest BCUT2D eigenvalue weighted by atomic mass is 9.93. The van der Waals surface area contributed by atoms with Crippen molar-refractivity contribution in [3.05, 3.63) is 0 Å². The summed E-state index contributed by atoms with van der Waals surface area (Å²) in [6, 6.07) is -0.130. The van der Waals surface area contributed by atoms with Gasteiger partial charge in [-0.1, -0.05) is 19.3 Å². The lowest BCUT2D eigenvalue weighted by Crippen LogP contribution is -2.52. The van der Waals surface area contributed by atoms with Gasteiger partial charge in [0.15, 0.2) is 0 Å². The van der Waals surface area contributed by atoms with Gasteiger partial charge in [-0.25, -0.2) is 0 Å². The smallest absolute Gasteiger partial charge is 0.329 e. The molecule has 0 aromatic heterocycles. The van der Waals surface area contributed by atoms with Crippen LogP contribution < -0.4 is 11.1 Å². The third-order valence-electron chi connectivity index (χ3n) is 2.94. The largest absolute Gasteiger partial charge is 0.389 e. The van der Waals surface area contributed by atoms with Gasteiger partial charge in [-0.2, -0.15) is 13.2 Å². The average Bonchev–Trinajstić information content (AvgIpc) is 2.26. The fourth-order valence-corrected chi connectivity index (χ4v) is 1.82. The highest BCUT2D eigenvalue weighted by molar-refractivity contribution is 5.02. The van der Waals surface area contributed by atoms with E-state index in [1.807, 2.05) is 13.8 Å². The van der Waals surface area contributed by atoms with Crippen molar-refractivity contribution < 1.29 is 13.2 Å². The molecule has 0 aliphatic rings. The summed E-state index contributed by atoms with van der Waals surface area (Å²) in [6.07, 6.45) is 2.65. The van der Waals surface area contributed by atoms with Crippen molar-refractivity contribution in [1.29, 1.82) is 0 Å². The Balaban J connectivity index is 4.29. The number of nitrogens with one attached hydrogen (secondary N) is 1. The second kappa shape index (κ2) is 7.65. The minimum atomic E-state index is -4.11. The molecule has 2 nitrogen and oxygen atoms in total. The van der Waals surface area contributed by atoms with Gasteiger partial charge in [0.1, 0.15) is 0 Å². The van der Waals surface area contributed by atoms with Crippen LogP contribution in [0.2, 0.25) is 0 Å². The Hall–Kier alpha value is -0.730. The topological polar surface area (TPSA) is 38.0 Å². The summed E-state index contributed by atoms with van der Waals surface area (Å²) in [7, 11) is 0. The first-order valence-electron chi connectivity index (χ1n) is 6.27. The lowest BCUT2D eigenvalue weighted by molar-refractivity contribution is -0.136. The molecule has 0 saturated carbocycles. The molecule has 0 aromatic carbocycles. The van der Waals surface area contributed by atoms with Gasteiger partial charge < -0.3 is 5.73 Å². The summed E-state index contributed by atoms with van der Waals surface area (Å²) in [6.45, 7) is 4.10. The zero-order valence-electron chi connectivity index (χ0n) is 11.1. The number of alkyl halides is 3. The van der Waals surface area contributed by atoms with Crippen LogP contribution in [0.4, 0.5) is 13.2 Å². The molecule has 3 N–H and O–H groups in total. The van der Waals surface area contributed by atoms with Gasteiger partial charge in [0, 0.05) is 18.5 Å². The minimum absolute atomic E-state index is 0.0631. The zero-order valence-corrected chi connectivity index (χ0v) is 11.1. The number of hydrogen-bond donors (Lipinski definition) is 2. The van der Waals surface area contributed by atoms with Crippen LogP contribution in [-0.2, 0) is 0 Å². The fourth-order valence-electron chi connectivity index (χ4n) is 1.82. The Morgan fingerprint density at radius 3 is 2.33 bits per heavy atom. The molecule has 0 spiro atoms. The second-order valence-corrected chi connectivity index (χ2v) is 4.89. The van der Waals surface area contributed by atoms with E-state index in [0.29, 0.717) is 6.42 Å². The van der Waals surface area contributed by atoms with Crippen LogP contribution in [0.3, 0.4) is 0 Å². The molecule has 5 heteroatoms. The van der Waals surface area contributed by atoms with Crippen LogP contribution in [0.5, 0.6) is 0 Å². The third-order valence-corrected chi connectivity index (χ3v) is 2.94. The Morgan fingerprint density at radius 2 is 1.94 bits per heavy atom. The maximum absolute atomic E-state index is 12.1. The van der Waals surface area contributed by atoms with Crippen LogP contribution in [0.25, 0.3) is 0 Å². The Morgan fingerprint density at radius 1 is 1.33 bits per heavy atom. The van der Waals surface area contributed by atoms with E-state index in [2.05, 4.69) is 11.2 Å².